The highest BCUT2D eigenvalue weighted by Crippen LogP contribution is 2.55. The third-order valence-corrected chi connectivity index (χ3v) is 7.53. The molecule has 0 amide bonds. The Labute approximate surface area is 221 Å². The number of aromatic hydroxyl groups is 1. The number of allylic oxidation sites excluding steroid dienone is 4. The number of anilines is 1. The molecule has 11 nitrogen and oxygen atoms in total. The molecule has 4 aliphatic rings. The number of carbonyl (C=O) groups excluding carboxylic acids is 4. The van der Waals surface area contributed by atoms with E-state index in [4.69, 9.17) is 23.7 Å². The van der Waals surface area contributed by atoms with Crippen LogP contribution in [0, 0.1) is 11.8 Å². The Morgan fingerprint density at radius 3 is 2.44 bits per heavy atom. The lowest BCUT2D eigenvalue weighted by atomic mass is 9.64. The van der Waals surface area contributed by atoms with E-state index in [0.29, 0.717) is 28.3 Å². The maximum atomic E-state index is 13.2. The molecule has 0 bridgehead atoms. The van der Waals surface area contributed by atoms with Gasteiger partial charge in [0.2, 0.25) is 12.6 Å². The number of Topliss-reactive ketones (excluding diaryl/α,β-unsaturated/α-hetero) is 1. The van der Waals surface area contributed by atoms with Crippen LogP contribution < -0.4 is 14.8 Å². The predicted octanol–water partition coefficient (Wildman–Crippen LogP) is 2.56. The second kappa shape index (κ2) is 9.19. The van der Waals surface area contributed by atoms with Crippen molar-refractivity contribution in [1.82, 2.24) is 0 Å². The van der Waals surface area contributed by atoms with Crippen LogP contribution in [0.4, 0.5) is 5.69 Å². The number of phenolic OH excluding ortho intramolecular Hbond substituents is 1. The molecule has 0 aromatic heterocycles. The number of ether oxygens (including phenoxy) is 5. The first-order valence-electron chi connectivity index (χ1n) is 12.1. The zero-order valence-electron chi connectivity index (χ0n) is 20.9. The maximum Gasteiger partial charge on any atom is 0.341 e. The summed E-state index contributed by atoms with van der Waals surface area (Å²) in [5.74, 6) is -3.74. The van der Waals surface area contributed by atoms with Crippen molar-refractivity contribution in [2.45, 2.75) is 12.0 Å². The molecule has 2 N–H and O–H groups in total. The molecule has 2 aliphatic heterocycles. The van der Waals surface area contributed by atoms with Gasteiger partial charge in [0.25, 0.3) is 5.78 Å². The van der Waals surface area contributed by atoms with E-state index >= 15 is 0 Å². The summed E-state index contributed by atoms with van der Waals surface area (Å²) in [5.41, 5.74) is 2.40. The summed E-state index contributed by atoms with van der Waals surface area (Å²) < 4.78 is 26.6. The molecule has 2 aromatic carbocycles. The Hall–Kier alpha value is -4.80. The van der Waals surface area contributed by atoms with Crippen molar-refractivity contribution in [3.8, 4) is 17.2 Å². The third-order valence-electron chi connectivity index (χ3n) is 7.53. The molecule has 0 spiro atoms. The molecule has 39 heavy (non-hydrogen) atoms. The van der Waals surface area contributed by atoms with Crippen LogP contribution in [0.1, 0.15) is 33.4 Å². The predicted molar refractivity (Wildman–Crippen MR) is 132 cm³/mol. The van der Waals surface area contributed by atoms with Gasteiger partial charge in [-0.15, -0.1) is 0 Å². The number of methoxy groups -OCH3 is 2. The van der Waals surface area contributed by atoms with Crippen LogP contribution in [0.3, 0.4) is 0 Å². The monoisotopic (exact) mass is 533 g/mol. The van der Waals surface area contributed by atoms with Gasteiger partial charge in [-0.25, -0.2) is 4.79 Å². The highest BCUT2D eigenvalue weighted by Gasteiger charge is 2.53. The smallest absolute Gasteiger partial charge is 0.341 e. The Bertz CT molecular complexity index is 1510. The van der Waals surface area contributed by atoms with E-state index in [2.05, 4.69) is 5.32 Å². The Balaban J connectivity index is 1.48. The van der Waals surface area contributed by atoms with Crippen molar-refractivity contribution in [2.75, 3.05) is 32.9 Å². The fraction of sp³-hybridized carbons (Fsp3) is 0.286. The third kappa shape index (κ3) is 3.89. The molecule has 0 unspecified atom stereocenters. The molecule has 2 aliphatic carbocycles. The van der Waals surface area contributed by atoms with Gasteiger partial charge in [0.15, 0.2) is 17.3 Å². The molecule has 1 fully saturated rings. The van der Waals surface area contributed by atoms with Gasteiger partial charge < -0.3 is 34.1 Å². The SMILES string of the molecule is COC(=O)c1ccc(N[C@@H]2c3cc4c(cc3[C@@H](C3=CC(=O)C(=O)C(OC)=C3)[C@H]3C(=O)OC[C@@H]32)OCO4)cc1O. The largest absolute Gasteiger partial charge is 0.507 e. The van der Waals surface area contributed by atoms with E-state index in [0.717, 1.165) is 5.56 Å². The number of benzene rings is 2. The average molecular weight is 533 g/mol. The van der Waals surface area contributed by atoms with Crippen LogP contribution >= 0.6 is 0 Å². The van der Waals surface area contributed by atoms with Crippen LogP contribution in [0.15, 0.2) is 53.8 Å². The van der Waals surface area contributed by atoms with E-state index in [1.807, 2.05) is 6.07 Å². The van der Waals surface area contributed by atoms with Crippen LogP contribution in [0.5, 0.6) is 17.2 Å². The molecule has 2 heterocycles. The molecule has 200 valence electrons. The van der Waals surface area contributed by atoms with Gasteiger partial charge in [0.05, 0.1) is 32.8 Å². The molecular formula is C28H23NO10. The summed E-state index contributed by atoms with van der Waals surface area (Å²) in [6, 6.07) is 7.58. The topological polar surface area (TPSA) is 147 Å². The van der Waals surface area contributed by atoms with E-state index in [1.165, 1.54) is 38.5 Å². The van der Waals surface area contributed by atoms with E-state index in [-0.39, 0.29) is 30.5 Å². The van der Waals surface area contributed by atoms with Gasteiger partial charge in [0.1, 0.15) is 11.3 Å². The van der Waals surface area contributed by atoms with E-state index < -0.39 is 47.3 Å². The standard InChI is InChI=1S/C28H23NO10/c1-35-22-6-12(5-19(31)26(22)32)23-15-8-20-21(39-11-38-20)9-16(15)25(17-10-37-28(34)24(17)23)29-13-3-4-14(18(30)7-13)27(33)36-2/h3-9,17,23-25,29-30H,10-11H2,1-2H3/t17-,23+,24-,25+/m0/s1. The van der Waals surface area contributed by atoms with Gasteiger partial charge >= 0.3 is 11.9 Å². The minimum Gasteiger partial charge on any atom is -0.507 e. The van der Waals surface area contributed by atoms with Gasteiger partial charge in [0, 0.05) is 23.6 Å². The van der Waals surface area contributed by atoms with Crippen molar-refractivity contribution >= 4 is 29.2 Å². The van der Waals surface area contributed by atoms with Gasteiger partial charge in [-0.3, -0.25) is 14.4 Å². The molecule has 0 saturated carbocycles. The second-order valence-electron chi connectivity index (χ2n) is 9.53. The average Bonchev–Trinajstić information content (AvgIpc) is 3.55. The van der Waals surface area contributed by atoms with Crippen molar-refractivity contribution in [2.24, 2.45) is 11.8 Å². The van der Waals surface area contributed by atoms with Gasteiger partial charge in [-0.1, -0.05) is 0 Å². The lowest BCUT2D eigenvalue weighted by Crippen LogP contribution is -2.38. The second-order valence-corrected chi connectivity index (χ2v) is 9.53. The van der Waals surface area contributed by atoms with Crippen LogP contribution in [0.25, 0.3) is 0 Å². The molecule has 11 heteroatoms. The fourth-order valence-corrected chi connectivity index (χ4v) is 5.76. The first-order valence-corrected chi connectivity index (χ1v) is 12.1. The zero-order chi connectivity index (χ0) is 27.4. The number of ketones is 2. The number of phenols is 1. The number of hydrogen-bond acceptors (Lipinski definition) is 11. The lowest BCUT2D eigenvalue weighted by Gasteiger charge is -2.40. The van der Waals surface area contributed by atoms with Gasteiger partial charge in [-0.2, -0.15) is 0 Å². The molecule has 1 saturated heterocycles. The minimum atomic E-state index is -0.761. The fourth-order valence-electron chi connectivity index (χ4n) is 5.76. The summed E-state index contributed by atoms with van der Waals surface area (Å²) in [6.45, 7) is 0.126. The minimum absolute atomic E-state index is 0.0111. The maximum absolute atomic E-state index is 13.2. The summed E-state index contributed by atoms with van der Waals surface area (Å²) in [7, 11) is 2.53. The van der Waals surface area contributed by atoms with Crippen LogP contribution in [-0.4, -0.2) is 56.2 Å². The lowest BCUT2D eigenvalue weighted by molar-refractivity contribution is -0.141. The highest BCUT2D eigenvalue weighted by molar-refractivity contribution is 6.47. The summed E-state index contributed by atoms with van der Waals surface area (Å²) in [5, 5.41) is 13.8. The van der Waals surface area contributed by atoms with E-state index in [9.17, 15) is 24.3 Å². The van der Waals surface area contributed by atoms with E-state index in [1.54, 1.807) is 12.1 Å². The highest BCUT2D eigenvalue weighted by atomic mass is 16.7. The van der Waals surface area contributed by atoms with Crippen LogP contribution in [-0.2, 0) is 28.6 Å². The number of cyclic esters (lactones) is 1. The van der Waals surface area contributed by atoms with Crippen LogP contribution in [0.2, 0.25) is 0 Å². The summed E-state index contributed by atoms with van der Waals surface area (Å²) in [6.07, 6.45) is 2.73. The first-order chi connectivity index (χ1) is 18.8. The summed E-state index contributed by atoms with van der Waals surface area (Å²) >= 11 is 0. The van der Waals surface area contributed by atoms with Gasteiger partial charge in [-0.05, 0) is 53.1 Å². The van der Waals surface area contributed by atoms with Crippen molar-refractivity contribution < 1.29 is 48.0 Å². The number of nitrogens with one attached hydrogen (secondary N) is 1. The quantitative estimate of drug-likeness (QED) is 0.332. The molecule has 6 rings (SSSR count). The Kier molecular flexibility index (Phi) is 5.78. The number of esters is 2. The van der Waals surface area contributed by atoms with Crippen molar-refractivity contribution in [3.63, 3.8) is 0 Å². The Morgan fingerprint density at radius 1 is 1.00 bits per heavy atom. The first kappa shape index (κ1) is 24.5. The number of carbonyl (C=O) groups is 4. The molecular weight excluding hydrogens is 510 g/mol. The molecule has 2 aromatic rings. The number of hydrogen-bond donors (Lipinski definition) is 2. The Morgan fingerprint density at radius 2 is 1.74 bits per heavy atom. The number of fused-ring (bicyclic) bond motifs is 3. The zero-order valence-corrected chi connectivity index (χ0v) is 20.9. The summed E-state index contributed by atoms with van der Waals surface area (Å²) in [4.78, 5) is 49.9. The number of rotatable bonds is 5. The molecule has 0 radical (unpaired) electrons. The van der Waals surface area contributed by atoms with Crippen molar-refractivity contribution in [1.29, 1.82) is 0 Å². The van der Waals surface area contributed by atoms with Crippen molar-refractivity contribution in [3.05, 3.63) is 70.5 Å². The normalized spacial score (nSPS) is 24.7. The molecule has 4 atom stereocenters.